The third kappa shape index (κ3) is 4.00. The van der Waals surface area contributed by atoms with Gasteiger partial charge in [-0.15, -0.1) is 0 Å². The number of rotatable bonds is 3. The van der Waals surface area contributed by atoms with E-state index < -0.39 is 0 Å². The first-order valence-electron chi connectivity index (χ1n) is 15.3. The van der Waals surface area contributed by atoms with Gasteiger partial charge in [-0.1, -0.05) is 146 Å². The highest BCUT2D eigenvalue weighted by atomic mass is 14.2. The van der Waals surface area contributed by atoms with Crippen LogP contribution in [-0.2, 0) is 0 Å². The summed E-state index contributed by atoms with van der Waals surface area (Å²) in [4.78, 5) is 0. The molecule has 0 unspecified atom stereocenters. The van der Waals surface area contributed by atoms with E-state index in [2.05, 4.69) is 170 Å². The molecule has 0 aromatic heterocycles. The van der Waals surface area contributed by atoms with E-state index in [1.54, 1.807) is 0 Å². The Morgan fingerprint density at radius 2 is 0.750 bits per heavy atom. The topological polar surface area (TPSA) is 0 Å². The van der Waals surface area contributed by atoms with E-state index in [-0.39, 0.29) is 0 Å². The molecule has 0 fully saturated rings. The molecule has 204 valence electrons. The first kappa shape index (κ1) is 24.8. The lowest BCUT2D eigenvalue weighted by molar-refractivity contribution is 1.66. The summed E-state index contributed by atoms with van der Waals surface area (Å²) in [6.07, 6.45) is 0. The molecule has 0 N–H and O–H groups in total. The van der Waals surface area contributed by atoms with Crippen molar-refractivity contribution in [3.63, 3.8) is 0 Å². The summed E-state index contributed by atoms with van der Waals surface area (Å²) in [7, 11) is 0. The molecule has 0 amide bonds. The van der Waals surface area contributed by atoms with Crippen LogP contribution in [0.4, 0.5) is 0 Å². The highest BCUT2D eigenvalue weighted by Gasteiger charge is 2.14. The molecule has 9 aromatic rings. The normalized spacial score (nSPS) is 11.6. The van der Waals surface area contributed by atoms with Gasteiger partial charge in [0.15, 0.2) is 0 Å². The maximum Gasteiger partial charge on any atom is -0.00264 e. The highest BCUT2D eigenvalue weighted by Crippen LogP contribution is 2.42. The van der Waals surface area contributed by atoms with Gasteiger partial charge in [0.25, 0.3) is 0 Å². The summed E-state index contributed by atoms with van der Waals surface area (Å²) < 4.78 is 0. The fourth-order valence-corrected chi connectivity index (χ4v) is 7.07. The Morgan fingerprint density at radius 1 is 0.227 bits per heavy atom. The average molecular weight is 557 g/mol. The first-order chi connectivity index (χ1) is 21.8. The molecule has 0 aliphatic carbocycles. The van der Waals surface area contributed by atoms with Gasteiger partial charge in [-0.05, 0) is 112 Å². The van der Waals surface area contributed by atoms with Crippen LogP contribution in [0.25, 0.3) is 87.2 Å². The van der Waals surface area contributed by atoms with Gasteiger partial charge in [0.1, 0.15) is 0 Å². The van der Waals surface area contributed by atoms with Gasteiger partial charge in [-0.3, -0.25) is 0 Å². The van der Waals surface area contributed by atoms with Crippen LogP contribution in [0.15, 0.2) is 170 Å². The fourth-order valence-electron chi connectivity index (χ4n) is 7.07. The second-order valence-electron chi connectivity index (χ2n) is 11.7. The first-order valence-corrected chi connectivity index (χ1v) is 15.3. The van der Waals surface area contributed by atoms with Crippen LogP contribution < -0.4 is 0 Å². The van der Waals surface area contributed by atoms with Gasteiger partial charge >= 0.3 is 0 Å². The van der Waals surface area contributed by atoms with E-state index in [4.69, 9.17) is 0 Å². The van der Waals surface area contributed by atoms with Gasteiger partial charge in [0.2, 0.25) is 0 Å². The number of hydrogen-bond donors (Lipinski definition) is 0. The van der Waals surface area contributed by atoms with Crippen molar-refractivity contribution in [2.45, 2.75) is 0 Å². The molecule has 0 heterocycles. The minimum atomic E-state index is 1.24. The van der Waals surface area contributed by atoms with Gasteiger partial charge in [-0.2, -0.15) is 0 Å². The molecule has 0 aliphatic heterocycles. The molecule has 0 bridgehead atoms. The van der Waals surface area contributed by atoms with Crippen molar-refractivity contribution in [3.05, 3.63) is 170 Å². The summed E-state index contributed by atoms with van der Waals surface area (Å²) in [5, 5.41) is 12.7. The zero-order chi connectivity index (χ0) is 29.0. The number of hydrogen-bond acceptors (Lipinski definition) is 0. The van der Waals surface area contributed by atoms with Crippen molar-refractivity contribution in [2.24, 2.45) is 0 Å². The van der Waals surface area contributed by atoms with Crippen molar-refractivity contribution < 1.29 is 0 Å². The molecule has 44 heavy (non-hydrogen) atoms. The van der Waals surface area contributed by atoms with Gasteiger partial charge < -0.3 is 0 Å². The molecule has 0 aliphatic rings. The molecular formula is C44H28. The van der Waals surface area contributed by atoms with Crippen LogP contribution in [0.5, 0.6) is 0 Å². The predicted octanol–water partition coefficient (Wildman–Crippen LogP) is 12.5. The molecular weight excluding hydrogens is 528 g/mol. The minimum Gasteiger partial charge on any atom is -0.0616 e. The monoisotopic (exact) mass is 556 g/mol. The van der Waals surface area contributed by atoms with Crippen LogP contribution in [0.1, 0.15) is 0 Å². The molecule has 9 aromatic carbocycles. The third-order valence-electron chi connectivity index (χ3n) is 9.19. The van der Waals surface area contributed by atoms with Crippen LogP contribution in [0.2, 0.25) is 0 Å². The van der Waals surface area contributed by atoms with Crippen molar-refractivity contribution in [2.75, 3.05) is 0 Å². The van der Waals surface area contributed by atoms with E-state index in [0.29, 0.717) is 0 Å². The second kappa shape index (κ2) is 9.93. The van der Waals surface area contributed by atoms with Crippen molar-refractivity contribution >= 4 is 53.9 Å². The lowest BCUT2D eigenvalue weighted by Gasteiger charge is -2.16. The largest absolute Gasteiger partial charge is 0.0616 e. The Labute approximate surface area is 256 Å². The summed E-state index contributed by atoms with van der Waals surface area (Å²) in [6.45, 7) is 0. The maximum atomic E-state index is 2.40. The van der Waals surface area contributed by atoms with E-state index in [0.717, 1.165) is 0 Å². The summed E-state index contributed by atoms with van der Waals surface area (Å²) >= 11 is 0. The van der Waals surface area contributed by atoms with Gasteiger partial charge in [0.05, 0.1) is 0 Å². The van der Waals surface area contributed by atoms with Crippen molar-refractivity contribution in [1.29, 1.82) is 0 Å². The third-order valence-corrected chi connectivity index (χ3v) is 9.19. The van der Waals surface area contributed by atoms with E-state index >= 15 is 0 Å². The van der Waals surface area contributed by atoms with Gasteiger partial charge in [0, 0.05) is 0 Å². The molecule has 0 spiro atoms. The highest BCUT2D eigenvalue weighted by molar-refractivity contribution is 6.15. The maximum absolute atomic E-state index is 2.40. The van der Waals surface area contributed by atoms with E-state index in [1.807, 2.05) is 0 Å². The molecule has 0 saturated carbocycles. The zero-order valence-corrected chi connectivity index (χ0v) is 24.2. The Bertz CT molecular complexity index is 2540. The van der Waals surface area contributed by atoms with E-state index in [9.17, 15) is 0 Å². The van der Waals surface area contributed by atoms with Crippen molar-refractivity contribution in [1.82, 2.24) is 0 Å². The summed E-state index contributed by atoms with van der Waals surface area (Å²) in [5.41, 5.74) is 7.54. The van der Waals surface area contributed by atoms with Crippen molar-refractivity contribution in [3.8, 4) is 33.4 Å². The Kier molecular flexibility index (Phi) is 5.61. The molecule has 0 heteroatoms. The molecule has 0 radical (unpaired) electrons. The Balaban J connectivity index is 1.33. The lowest BCUT2D eigenvalue weighted by Crippen LogP contribution is -1.89. The Hall–Kier alpha value is -5.72. The standard InChI is InChI=1S/C44H28/c1-2-12-32-25-36(22-19-29(32)9-1)44-42-24-23-33(40-17-7-13-30-10-3-5-15-38(30)40)26-37(42)27-34-20-21-35(28-43(34)44)41-18-8-14-31-11-4-6-16-39(31)41/h1-28H. The average Bonchev–Trinajstić information content (AvgIpc) is 3.09. The lowest BCUT2D eigenvalue weighted by atomic mass is 9.87. The van der Waals surface area contributed by atoms with Crippen LogP contribution >= 0.6 is 0 Å². The molecule has 0 atom stereocenters. The molecule has 9 rings (SSSR count). The zero-order valence-electron chi connectivity index (χ0n) is 24.2. The van der Waals surface area contributed by atoms with Crippen LogP contribution in [0.3, 0.4) is 0 Å². The van der Waals surface area contributed by atoms with Crippen LogP contribution in [-0.4, -0.2) is 0 Å². The summed E-state index contributed by atoms with van der Waals surface area (Å²) in [5.74, 6) is 0. The number of fused-ring (bicyclic) bond motifs is 5. The minimum absolute atomic E-state index is 1.24. The molecule has 0 nitrogen and oxygen atoms in total. The second-order valence-corrected chi connectivity index (χ2v) is 11.7. The fraction of sp³-hybridized carbons (Fsp3) is 0. The molecule has 0 saturated heterocycles. The summed E-state index contributed by atoms with van der Waals surface area (Å²) in [6, 6.07) is 62.5. The smallest absolute Gasteiger partial charge is 0.00264 e. The SMILES string of the molecule is c1ccc2cc(-c3c4ccc(-c5cccc6ccccc56)cc4cc4ccc(-c5cccc6ccccc56)cc34)ccc2c1. The van der Waals surface area contributed by atoms with E-state index in [1.165, 1.54) is 87.2 Å². The van der Waals surface area contributed by atoms with Crippen LogP contribution in [0, 0.1) is 0 Å². The quantitative estimate of drug-likeness (QED) is 0.190. The van der Waals surface area contributed by atoms with Gasteiger partial charge in [-0.25, -0.2) is 0 Å². The number of benzene rings is 9. The Morgan fingerprint density at radius 3 is 1.48 bits per heavy atom. The predicted molar refractivity (Wildman–Crippen MR) is 190 cm³/mol.